The van der Waals surface area contributed by atoms with Gasteiger partial charge in [-0.05, 0) is 58.1 Å². The average molecular weight is 310 g/mol. The van der Waals surface area contributed by atoms with Gasteiger partial charge >= 0.3 is 0 Å². The Kier molecular flexibility index (Phi) is 9.10. The molecule has 0 radical (unpaired) electrons. The number of hydrogen-bond acceptors (Lipinski definition) is 3. The summed E-state index contributed by atoms with van der Waals surface area (Å²) in [7, 11) is 0. The first-order chi connectivity index (χ1) is 10.3. The van der Waals surface area contributed by atoms with Crippen molar-refractivity contribution in [1.82, 2.24) is 4.90 Å². The van der Waals surface area contributed by atoms with E-state index in [-0.39, 0.29) is 17.2 Å². The van der Waals surface area contributed by atoms with Crippen LogP contribution < -0.4 is 5.73 Å². The summed E-state index contributed by atoms with van der Waals surface area (Å²) in [6.45, 7) is 15.7. The number of aliphatic hydroxyl groups excluding tert-OH is 1. The second-order valence-corrected chi connectivity index (χ2v) is 5.93. The molecule has 3 N–H and O–H groups in total. The lowest BCUT2D eigenvalue weighted by Crippen LogP contribution is -2.41. The molecule has 1 aliphatic carbocycles. The van der Waals surface area contributed by atoms with E-state index in [1.54, 1.807) is 13.0 Å². The van der Waals surface area contributed by atoms with Crippen LogP contribution in [0, 0.1) is 17.3 Å². The number of allylic oxidation sites excluding steroid dienone is 3. The fourth-order valence-corrected chi connectivity index (χ4v) is 2.97. The molecule has 0 aromatic carbocycles. The predicted octanol–water partition coefficient (Wildman–Crippen LogP) is 3.50. The summed E-state index contributed by atoms with van der Waals surface area (Å²) < 4.78 is 0. The molecule has 4 nitrogen and oxygen atoms in total. The molecule has 1 amide bonds. The molecule has 1 unspecified atom stereocenters. The van der Waals surface area contributed by atoms with Crippen molar-refractivity contribution in [3.63, 3.8) is 0 Å². The topological polar surface area (TPSA) is 66.6 Å². The molecule has 0 spiro atoms. The normalized spacial score (nSPS) is 24.8. The highest BCUT2D eigenvalue weighted by atomic mass is 16.3. The summed E-state index contributed by atoms with van der Waals surface area (Å²) in [6.07, 6.45) is 5.49. The van der Waals surface area contributed by atoms with Gasteiger partial charge in [-0.25, -0.2) is 0 Å². The van der Waals surface area contributed by atoms with Crippen molar-refractivity contribution in [1.29, 1.82) is 0 Å². The Labute approximate surface area is 136 Å². The van der Waals surface area contributed by atoms with Crippen LogP contribution in [0.5, 0.6) is 0 Å². The number of nitrogens with two attached hydrogens (primary N) is 1. The number of carbonyl (C=O) groups is 1. The molecule has 1 aliphatic rings. The maximum Gasteiger partial charge on any atom is 0.229 e. The molecule has 0 aromatic rings. The van der Waals surface area contributed by atoms with E-state index in [2.05, 4.69) is 13.5 Å². The molecule has 0 aromatic heterocycles. The Hall–Kier alpha value is -1.29. The molecule has 4 heteroatoms. The van der Waals surface area contributed by atoms with Gasteiger partial charge in [0.1, 0.15) is 0 Å². The van der Waals surface area contributed by atoms with E-state index in [4.69, 9.17) is 10.8 Å². The number of rotatable bonds is 7. The summed E-state index contributed by atoms with van der Waals surface area (Å²) in [5, 5.41) is 8.41. The van der Waals surface area contributed by atoms with Crippen molar-refractivity contribution in [3.05, 3.63) is 24.5 Å². The molecule has 1 saturated carbocycles. The van der Waals surface area contributed by atoms with Crippen molar-refractivity contribution in [2.24, 2.45) is 23.0 Å². The molecule has 0 bridgehead atoms. The molecular weight excluding hydrogens is 276 g/mol. The van der Waals surface area contributed by atoms with Gasteiger partial charge in [-0.3, -0.25) is 4.79 Å². The van der Waals surface area contributed by atoms with Crippen molar-refractivity contribution >= 4 is 5.91 Å². The van der Waals surface area contributed by atoms with Gasteiger partial charge in [-0.2, -0.15) is 0 Å². The summed E-state index contributed by atoms with van der Waals surface area (Å²) in [6, 6.07) is 0. The van der Waals surface area contributed by atoms with Crippen LogP contribution >= 0.6 is 0 Å². The van der Waals surface area contributed by atoms with E-state index in [0.29, 0.717) is 18.2 Å². The van der Waals surface area contributed by atoms with Gasteiger partial charge in [0, 0.05) is 13.1 Å². The van der Waals surface area contributed by atoms with E-state index >= 15 is 0 Å². The average Bonchev–Trinajstić information content (AvgIpc) is 3.23. The third-order valence-electron chi connectivity index (χ3n) is 4.55. The molecule has 3 atom stereocenters. The fourth-order valence-electron chi connectivity index (χ4n) is 2.97. The number of amides is 1. The molecule has 0 heterocycles. The first-order valence-corrected chi connectivity index (χ1v) is 8.33. The molecular formula is C18H34N2O2. The first kappa shape index (κ1) is 20.7. The van der Waals surface area contributed by atoms with E-state index in [1.807, 2.05) is 31.7 Å². The second kappa shape index (κ2) is 9.67. The lowest BCUT2D eigenvalue weighted by molar-refractivity contribution is -0.138. The van der Waals surface area contributed by atoms with Crippen LogP contribution in [0.25, 0.3) is 0 Å². The van der Waals surface area contributed by atoms with Crippen LogP contribution in [-0.2, 0) is 4.79 Å². The van der Waals surface area contributed by atoms with Crippen molar-refractivity contribution in [3.8, 4) is 0 Å². The van der Waals surface area contributed by atoms with Gasteiger partial charge in [0.25, 0.3) is 0 Å². The van der Waals surface area contributed by atoms with E-state index in [1.165, 1.54) is 0 Å². The number of hydrogen-bond donors (Lipinski definition) is 2. The minimum atomic E-state index is -0.247. The van der Waals surface area contributed by atoms with E-state index in [0.717, 1.165) is 25.9 Å². The second-order valence-electron chi connectivity index (χ2n) is 5.93. The molecule has 0 aliphatic heterocycles. The van der Waals surface area contributed by atoms with Crippen molar-refractivity contribution < 1.29 is 9.90 Å². The maximum atomic E-state index is 12.5. The van der Waals surface area contributed by atoms with Crippen molar-refractivity contribution in [2.75, 3.05) is 19.6 Å². The van der Waals surface area contributed by atoms with Crippen LogP contribution in [0.1, 0.15) is 47.5 Å². The minimum Gasteiger partial charge on any atom is -0.513 e. The maximum absolute atomic E-state index is 12.5. The third kappa shape index (κ3) is 4.87. The number of aliphatic hydroxyl groups is 1. The van der Waals surface area contributed by atoms with Crippen molar-refractivity contribution in [2.45, 2.75) is 47.5 Å². The Morgan fingerprint density at radius 2 is 2.00 bits per heavy atom. The Morgan fingerprint density at radius 3 is 2.23 bits per heavy atom. The third-order valence-corrected chi connectivity index (χ3v) is 4.55. The quantitative estimate of drug-likeness (QED) is 0.558. The monoisotopic (exact) mass is 310 g/mol. The largest absolute Gasteiger partial charge is 0.513 e. The molecule has 1 rings (SSSR count). The van der Waals surface area contributed by atoms with Crippen LogP contribution in [0.2, 0.25) is 0 Å². The standard InChI is InChI=1S/C13H24N2O.C5H10O/c1-5-10(4)13(8-11(13)9-14)12(16)15(6-2)7-3;1-3-4-5(2)6/h5,10-11H,1,6-9,14H2,2-4H3;4,6H,3H2,1-2H3/b;5-4+/t10?,11-,13-;/m1./s1. The summed E-state index contributed by atoms with van der Waals surface area (Å²) in [5.74, 6) is 1.24. The summed E-state index contributed by atoms with van der Waals surface area (Å²) >= 11 is 0. The summed E-state index contributed by atoms with van der Waals surface area (Å²) in [5.41, 5.74) is 5.47. The smallest absolute Gasteiger partial charge is 0.229 e. The number of nitrogens with zero attached hydrogens (tertiary/aromatic N) is 1. The zero-order chi connectivity index (χ0) is 17.3. The highest BCUT2D eigenvalue weighted by molar-refractivity contribution is 5.86. The minimum absolute atomic E-state index is 0.217. The van der Waals surface area contributed by atoms with Crippen LogP contribution in [0.15, 0.2) is 24.5 Å². The molecule has 128 valence electrons. The Balaban J connectivity index is 0.000000626. The Bertz CT molecular complexity index is 385. The molecule has 22 heavy (non-hydrogen) atoms. The Morgan fingerprint density at radius 1 is 1.45 bits per heavy atom. The zero-order valence-electron chi connectivity index (χ0n) is 14.9. The SMILES string of the molecule is C=CC(C)[C@]1(C(=O)N(CC)CC)C[C@@H]1CN.CC/C=C(\C)O. The summed E-state index contributed by atoms with van der Waals surface area (Å²) in [4.78, 5) is 14.4. The molecule has 1 fully saturated rings. The lowest BCUT2D eigenvalue weighted by Gasteiger charge is -2.28. The number of carbonyl (C=O) groups excluding carboxylic acids is 1. The van der Waals surface area contributed by atoms with Gasteiger partial charge in [-0.15, -0.1) is 6.58 Å². The van der Waals surface area contributed by atoms with E-state index < -0.39 is 0 Å². The highest BCUT2D eigenvalue weighted by Crippen LogP contribution is 2.58. The zero-order valence-corrected chi connectivity index (χ0v) is 14.9. The van der Waals surface area contributed by atoms with Gasteiger partial charge in [-0.1, -0.05) is 19.9 Å². The van der Waals surface area contributed by atoms with Crippen LogP contribution in [0.4, 0.5) is 0 Å². The van der Waals surface area contributed by atoms with Gasteiger partial charge < -0.3 is 15.7 Å². The van der Waals surface area contributed by atoms with Gasteiger partial charge in [0.2, 0.25) is 5.91 Å². The highest BCUT2D eigenvalue weighted by Gasteiger charge is 2.62. The van der Waals surface area contributed by atoms with Crippen LogP contribution in [-0.4, -0.2) is 35.5 Å². The van der Waals surface area contributed by atoms with Gasteiger partial charge in [0.05, 0.1) is 11.2 Å². The predicted molar refractivity (Wildman–Crippen MR) is 93.6 cm³/mol. The lowest BCUT2D eigenvalue weighted by atomic mass is 9.86. The van der Waals surface area contributed by atoms with Crippen LogP contribution in [0.3, 0.4) is 0 Å². The first-order valence-electron chi connectivity index (χ1n) is 8.33. The van der Waals surface area contributed by atoms with Gasteiger partial charge in [0.15, 0.2) is 0 Å². The molecule has 0 saturated heterocycles. The fraction of sp³-hybridized carbons (Fsp3) is 0.722. The van der Waals surface area contributed by atoms with E-state index in [9.17, 15) is 4.79 Å².